The number of rotatable bonds is 5. The van der Waals surface area contributed by atoms with Gasteiger partial charge in [-0.3, -0.25) is 0 Å². The molecule has 0 aliphatic heterocycles. The van der Waals surface area contributed by atoms with Crippen molar-refractivity contribution in [3.8, 4) is 11.4 Å². The van der Waals surface area contributed by atoms with Crippen LogP contribution in [0.1, 0.15) is 12.6 Å². The van der Waals surface area contributed by atoms with E-state index in [1.807, 2.05) is 6.92 Å². The summed E-state index contributed by atoms with van der Waals surface area (Å²) < 4.78 is 19.9. The van der Waals surface area contributed by atoms with Gasteiger partial charge in [0.05, 0.1) is 20.3 Å². The molecule has 0 spiro atoms. The third kappa shape index (κ3) is 3.89. The van der Waals surface area contributed by atoms with Crippen molar-refractivity contribution in [3.05, 3.63) is 37.8 Å². The second-order valence-electron chi connectivity index (χ2n) is 4.25. The van der Waals surface area contributed by atoms with Crippen molar-refractivity contribution in [3.63, 3.8) is 0 Å². The molecule has 1 N–H and O–H groups in total. The standard InChI is InChI=1S/C14H14BrFIN3O/c1-3-18-14-12(17)11(7-21-2)19-13(20-14)8-4-5-10(16)9(15)6-8/h4-6H,3,7H2,1-2H3,(H,18,19,20). The molecule has 7 heteroatoms. The molecule has 0 unspecified atom stereocenters. The summed E-state index contributed by atoms with van der Waals surface area (Å²) in [6, 6.07) is 4.72. The van der Waals surface area contributed by atoms with E-state index in [0.717, 1.165) is 27.2 Å². The summed E-state index contributed by atoms with van der Waals surface area (Å²) in [6.45, 7) is 3.16. The number of ether oxygens (including phenoxy) is 1. The molecule has 0 saturated carbocycles. The van der Waals surface area contributed by atoms with Crippen LogP contribution in [0.4, 0.5) is 10.2 Å². The summed E-state index contributed by atoms with van der Waals surface area (Å²) in [7, 11) is 1.62. The topological polar surface area (TPSA) is 47.0 Å². The molecule has 0 fully saturated rings. The lowest BCUT2D eigenvalue weighted by atomic mass is 10.2. The number of hydrogen-bond acceptors (Lipinski definition) is 4. The predicted octanol–water partition coefficient (Wildman–Crippen LogP) is 4.23. The van der Waals surface area contributed by atoms with Crippen molar-refractivity contribution in [1.82, 2.24) is 9.97 Å². The lowest BCUT2D eigenvalue weighted by molar-refractivity contribution is 0.181. The van der Waals surface area contributed by atoms with Crippen LogP contribution in [0.25, 0.3) is 11.4 Å². The minimum atomic E-state index is -0.312. The molecule has 21 heavy (non-hydrogen) atoms. The highest BCUT2D eigenvalue weighted by Crippen LogP contribution is 2.27. The van der Waals surface area contributed by atoms with Gasteiger partial charge in [-0.1, -0.05) is 0 Å². The fourth-order valence-corrected chi connectivity index (χ4v) is 2.74. The van der Waals surface area contributed by atoms with Crippen LogP contribution in [0.3, 0.4) is 0 Å². The Kier molecular flexibility index (Phi) is 5.88. The maximum absolute atomic E-state index is 13.4. The molecular weight excluding hydrogens is 452 g/mol. The van der Waals surface area contributed by atoms with Gasteiger partial charge in [0.2, 0.25) is 0 Å². The lowest BCUT2D eigenvalue weighted by Gasteiger charge is -2.12. The molecule has 0 amide bonds. The Morgan fingerprint density at radius 1 is 1.38 bits per heavy atom. The zero-order valence-corrected chi connectivity index (χ0v) is 15.3. The number of anilines is 1. The normalized spacial score (nSPS) is 10.7. The molecule has 1 heterocycles. The highest BCUT2D eigenvalue weighted by Gasteiger charge is 2.14. The SMILES string of the molecule is CCNc1nc(-c2ccc(F)c(Br)c2)nc(COC)c1I. The quantitative estimate of drug-likeness (QED) is 0.671. The van der Waals surface area contributed by atoms with Gasteiger partial charge in [0.25, 0.3) is 0 Å². The first kappa shape index (κ1) is 16.6. The van der Waals surface area contributed by atoms with E-state index in [4.69, 9.17) is 4.74 Å². The van der Waals surface area contributed by atoms with Gasteiger partial charge < -0.3 is 10.1 Å². The van der Waals surface area contributed by atoms with Crippen LogP contribution in [-0.4, -0.2) is 23.6 Å². The van der Waals surface area contributed by atoms with Crippen molar-refractivity contribution in [2.24, 2.45) is 0 Å². The van der Waals surface area contributed by atoms with E-state index >= 15 is 0 Å². The van der Waals surface area contributed by atoms with Gasteiger partial charge in [0.15, 0.2) is 5.82 Å². The van der Waals surface area contributed by atoms with Crippen LogP contribution in [0.2, 0.25) is 0 Å². The summed E-state index contributed by atoms with van der Waals surface area (Å²) in [5.41, 5.74) is 1.55. The van der Waals surface area contributed by atoms with Crippen LogP contribution in [0.15, 0.2) is 22.7 Å². The van der Waals surface area contributed by atoms with Crippen LogP contribution in [0, 0.1) is 9.39 Å². The molecule has 1 aromatic heterocycles. The Morgan fingerprint density at radius 2 is 2.14 bits per heavy atom. The first-order chi connectivity index (χ1) is 10.1. The molecule has 0 aliphatic carbocycles. The average Bonchev–Trinajstić information content (AvgIpc) is 2.46. The molecule has 2 aromatic rings. The fourth-order valence-electron chi connectivity index (χ4n) is 1.77. The molecule has 4 nitrogen and oxygen atoms in total. The molecule has 0 bridgehead atoms. The Bertz CT molecular complexity index is 627. The second-order valence-corrected chi connectivity index (χ2v) is 6.18. The molecule has 112 valence electrons. The molecule has 0 saturated heterocycles. The Hall–Kier alpha value is -0.800. The molecular formula is C14H14BrFIN3O. The van der Waals surface area contributed by atoms with Crippen molar-refractivity contribution < 1.29 is 9.13 Å². The Morgan fingerprint density at radius 3 is 2.76 bits per heavy atom. The van der Waals surface area contributed by atoms with E-state index in [1.54, 1.807) is 19.2 Å². The molecule has 2 rings (SSSR count). The Balaban J connectivity index is 2.53. The summed E-state index contributed by atoms with van der Waals surface area (Å²) in [4.78, 5) is 9.04. The molecule has 0 aliphatic rings. The maximum atomic E-state index is 13.4. The minimum absolute atomic E-state index is 0.312. The van der Waals surface area contributed by atoms with Crippen LogP contribution >= 0.6 is 38.5 Å². The number of nitrogens with zero attached hydrogens (tertiary/aromatic N) is 2. The fraction of sp³-hybridized carbons (Fsp3) is 0.286. The van der Waals surface area contributed by atoms with Crippen molar-refractivity contribution in [2.45, 2.75) is 13.5 Å². The van der Waals surface area contributed by atoms with Crippen LogP contribution in [0.5, 0.6) is 0 Å². The molecule has 0 radical (unpaired) electrons. The van der Waals surface area contributed by atoms with Gasteiger partial charge in [0, 0.05) is 19.2 Å². The van der Waals surface area contributed by atoms with Crippen molar-refractivity contribution in [1.29, 1.82) is 0 Å². The van der Waals surface area contributed by atoms with Crippen LogP contribution < -0.4 is 5.32 Å². The third-order valence-corrected chi connectivity index (χ3v) is 4.46. The number of hydrogen-bond donors (Lipinski definition) is 1. The molecule has 0 atom stereocenters. The summed E-state index contributed by atoms with van der Waals surface area (Å²) in [5, 5.41) is 3.21. The van der Waals surface area contributed by atoms with Gasteiger partial charge in [-0.15, -0.1) is 0 Å². The number of methoxy groups -OCH3 is 1. The zero-order valence-electron chi connectivity index (χ0n) is 11.6. The number of aromatic nitrogens is 2. The van der Waals surface area contributed by atoms with E-state index in [2.05, 4.69) is 53.8 Å². The highest BCUT2D eigenvalue weighted by atomic mass is 127. The van der Waals surface area contributed by atoms with E-state index < -0.39 is 0 Å². The number of halogens is 3. The third-order valence-electron chi connectivity index (χ3n) is 2.72. The van der Waals surface area contributed by atoms with Gasteiger partial charge >= 0.3 is 0 Å². The van der Waals surface area contributed by atoms with E-state index in [-0.39, 0.29) is 5.82 Å². The summed E-state index contributed by atoms with van der Waals surface area (Å²) in [6.07, 6.45) is 0. The van der Waals surface area contributed by atoms with Crippen molar-refractivity contribution >= 4 is 44.3 Å². The van der Waals surface area contributed by atoms with Gasteiger partial charge in [-0.2, -0.15) is 0 Å². The van der Waals surface area contributed by atoms with Gasteiger partial charge in [-0.05, 0) is 63.6 Å². The average molecular weight is 466 g/mol. The summed E-state index contributed by atoms with van der Waals surface area (Å²) in [5.74, 6) is 0.989. The first-order valence-electron chi connectivity index (χ1n) is 6.31. The smallest absolute Gasteiger partial charge is 0.161 e. The van der Waals surface area contributed by atoms with Gasteiger partial charge in [0.1, 0.15) is 11.6 Å². The first-order valence-corrected chi connectivity index (χ1v) is 8.18. The van der Waals surface area contributed by atoms with E-state index in [0.29, 0.717) is 16.9 Å². The zero-order chi connectivity index (χ0) is 15.4. The number of benzene rings is 1. The lowest BCUT2D eigenvalue weighted by Crippen LogP contribution is -2.08. The second kappa shape index (κ2) is 7.46. The van der Waals surface area contributed by atoms with Crippen molar-refractivity contribution in [2.75, 3.05) is 19.0 Å². The molecule has 1 aromatic carbocycles. The van der Waals surface area contributed by atoms with E-state index in [9.17, 15) is 4.39 Å². The maximum Gasteiger partial charge on any atom is 0.161 e. The van der Waals surface area contributed by atoms with E-state index in [1.165, 1.54) is 6.07 Å². The van der Waals surface area contributed by atoms with Gasteiger partial charge in [-0.25, -0.2) is 14.4 Å². The highest BCUT2D eigenvalue weighted by molar-refractivity contribution is 14.1. The Labute approximate surface area is 144 Å². The number of nitrogens with one attached hydrogen (secondary N) is 1. The largest absolute Gasteiger partial charge is 0.378 e. The monoisotopic (exact) mass is 465 g/mol. The van der Waals surface area contributed by atoms with Crippen LogP contribution in [-0.2, 0) is 11.3 Å². The summed E-state index contributed by atoms with van der Waals surface area (Å²) >= 11 is 5.38. The minimum Gasteiger partial charge on any atom is -0.378 e. The predicted molar refractivity (Wildman–Crippen MR) is 92.7 cm³/mol.